The summed E-state index contributed by atoms with van der Waals surface area (Å²) in [4.78, 5) is 14.2. The van der Waals surface area contributed by atoms with E-state index in [1.54, 1.807) is 24.3 Å². The molecule has 1 fully saturated rings. The van der Waals surface area contributed by atoms with Gasteiger partial charge < -0.3 is 9.64 Å². The van der Waals surface area contributed by atoms with E-state index >= 15 is 0 Å². The van der Waals surface area contributed by atoms with Crippen molar-refractivity contribution in [1.29, 1.82) is 0 Å². The van der Waals surface area contributed by atoms with Crippen molar-refractivity contribution in [2.45, 2.75) is 31.2 Å². The van der Waals surface area contributed by atoms with Gasteiger partial charge in [0.15, 0.2) is 0 Å². The number of halogens is 3. The van der Waals surface area contributed by atoms with Gasteiger partial charge in [0, 0.05) is 11.6 Å². The van der Waals surface area contributed by atoms with Gasteiger partial charge in [-0.05, 0) is 50.2 Å². The maximum Gasteiger partial charge on any atom is 0.411 e. The van der Waals surface area contributed by atoms with Crippen molar-refractivity contribution in [3.05, 3.63) is 47.8 Å². The van der Waals surface area contributed by atoms with Gasteiger partial charge in [0.25, 0.3) is 5.92 Å². The lowest BCUT2D eigenvalue weighted by Crippen LogP contribution is -2.31. The molecule has 1 aromatic rings. The van der Waals surface area contributed by atoms with Crippen molar-refractivity contribution in [2.75, 3.05) is 25.5 Å². The van der Waals surface area contributed by atoms with Crippen LogP contribution in [0.15, 0.2) is 42.2 Å². The lowest BCUT2D eigenvalue weighted by atomic mass is 9.95. The van der Waals surface area contributed by atoms with Crippen LogP contribution in [0, 0.1) is 0 Å². The third kappa shape index (κ3) is 4.46. The summed E-state index contributed by atoms with van der Waals surface area (Å²) in [5, 5.41) is 2.57. The van der Waals surface area contributed by atoms with Crippen LogP contribution in [0.3, 0.4) is 0 Å². The molecule has 26 heavy (non-hydrogen) atoms. The number of hydrogen-bond acceptors (Lipinski definition) is 3. The van der Waals surface area contributed by atoms with Crippen LogP contribution in [0.5, 0.6) is 0 Å². The lowest BCUT2D eigenvalue weighted by molar-refractivity contribution is 0.0492. The van der Waals surface area contributed by atoms with Crippen molar-refractivity contribution in [3.8, 4) is 0 Å². The normalized spacial score (nSPS) is 22.5. The smallest absolute Gasteiger partial charge is 0.411 e. The number of benzene rings is 1. The molecule has 1 atom stereocenters. The number of likely N-dealkylation sites (N-methyl/N-ethyl adjacent to an activating group) is 1. The first-order valence-electron chi connectivity index (χ1n) is 8.54. The van der Waals surface area contributed by atoms with E-state index in [1.807, 2.05) is 7.05 Å². The van der Waals surface area contributed by atoms with Gasteiger partial charge in [0.05, 0.1) is 12.1 Å². The molecule has 1 aromatic carbocycles. The van der Waals surface area contributed by atoms with Crippen molar-refractivity contribution >= 4 is 17.4 Å². The number of nitrogens with one attached hydrogen (secondary N) is 1. The highest BCUT2D eigenvalue weighted by Crippen LogP contribution is 2.37. The Kier molecular flexibility index (Phi) is 5.36. The molecule has 4 nitrogen and oxygen atoms in total. The summed E-state index contributed by atoms with van der Waals surface area (Å²) in [5.74, 6) is -4.15. The molecule has 0 saturated carbocycles. The monoisotopic (exact) mass is 366 g/mol. The van der Waals surface area contributed by atoms with Gasteiger partial charge in [-0.25, -0.2) is 18.0 Å². The molecule has 0 unspecified atom stereocenters. The molecule has 1 aliphatic carbocycles. The Bertz CT molecular complexity index is 746. The second-order valence-electron chi connectivity index (χ2n) is 6.67. The molecule has 2 aliphatic rings. The zero-order valence-corrected chi connectivity index (χ0v) is 14.5. The number of anilines is 1. The quantitative estimate of drug-likeness (QED) is 0.846. The van der Waals surface area contributed by atoms with Crippen LogP contribution >= 0.6 is 0 Å². The van der Waals surface area contributed by atoms with E-state index in [4.69, 9.17) is 4.74 Å². The third-order valence-corrected chi connectivity index (χ3v) is 4.64. The van der Waals surface area contributed by atoms with Gasteiger partial charge in [0.1, 0.15) is 12.4 Å². The number of ether oxygens (including phenoxy) is 1. The van der Waals surface area contributed by atoms with Crippen molar-refractivity contribution in [1.82, 2.24) is 4.90 Å². The number of carbonyl (C=O) groups excluding carboxylic acids is 1. The molecule has 0 radical (unpaired) electrons. The largest absolute Gasteiger partial charge is 0.448 e. The average molecular weight is 366 g/mol. The number of para-hydroxylation sites is 1. The van der Waals surface area contributed by atoms with Gasteiger partial charge in [-0.1, -0.05) is 18.2 Å². The Morgan fingerprint density at radius 2 is 2.15 bits per heavy atom. The highest BCUT2D eigenvalue weighted by atomic mass is 19.3. The highest BCUT2D eigenvalue weighted by Gasteiger charge is 2.32. The minimum absolute atomic E-state index is 0.0326. The third-order valence-electron chi connectivity index (χ3n) is 4.64. The molecule has 1 amide bonds. The number of amides is 1. The van der Waals surface area contributed by atoms with E-state index < -0.39 is 24.3 Å². The fourth-order valence-corrected chi connectivity index (χ4v) is 3.27. The first kappa shape index (κ1) is 18.5. The number of hydrogen-bond donors (Lipinski definition) is 1. The van der Waals surface area contributed by atoms with Crippen molar-refractivity contribution in [3.63, 3.8) is 0 Å². The van der Waals surface area contributed by atoms with Crippen LogP contribution in [0.2, 0.25) is 0 Å². The number of alkyl halides is 2. The number of rotatable bonds is 4. The number of likely N-dealkylation sites (tertiary alicyclic amines) is 1. The Labute approximate surface area is 150 Å². The zero-order valence-electron chi connectivity index (χ0n) is 14.5. The van der Waals surface area contributed by atoms with E-state index in [0.717, 1.165) is 31.5 Å². The molecule has 140 valence electrons. The Balaban J connectivity index is 1.71. The summed E-state index contributed by atoms with van der Waals surface area (Å²) in [5.41, 5.74) is 0.646. The van der Waals surface area contributed by atoms with Crippen LogP contribution in [-0.2, 0) is 4.74 Å². The Morgan fingerprint density at radius 1 is 1.38 bits per heavy atom. The summed E-state index contributed by atoms with van der Waals surface area (Å²) in [6.07, 6.45) is 2.21. The molecule has 1 heterocycles. The second-order valence-corrected chi connectivity index (χ2v) is 6.67. The van der Waals surface area contributed by atoms with Crippen LogP contribution in [0.4, 0.5) is 23.7 Å². The van der Waals surface area contributed by atoms with E-state index in [1.165, 1.54) is 0 Å². The minimum atomic E-state index is -3.26. The summed E-state index contributed by atoms with van der Waals surface area (Å²) in [7, 11) is 1.98. The highest BCUT2D eigenvalue weighted by molar-refractivity contribution is 5.92. The first-order valence-corrected chi connectivity index (χ1v) is 8.54. The Hall–Kier alpha value is -2.28. The predicted molar refractivity (Wildman–Crippen MR) is 93.8 cm³/mol. The topological polar surface area (TPSA) is 41.6 Å². The molecule has 0 spiro atoms. The van der Waals surface area contributed by atoms with Crippen LogP contribution in [0.25, 0.3) is 5.57 Å². The fourth-order valence-electron chi connectivity index (χ4n) is 3.27. The number of allylic oxidation sites excluding steroid dienone is 4. The van der Waals surface area contributed by atoms with E-state index in [2.05, 4.69) is 10.2 Å². The maximum atomic E-state index is 13.6. The SMILES string of the molecule is CN1CCC[C@H]1COC(=O)Nc1ccccc1C1=CC(F)(F)CC(F)=C1. The molecule has 3 rings (SSSR count). The predicted octanol–water partition coefficient (Wildman–Crippen LogP) is 4.61. The summed E-state index contributed by atoms with van der Waals surface area (Å²) in [6.45, 7) is 1.23. The van der Waals surface area contributed by atoms with E-state index in [9.17, 15) is 18.0 Å². The Morgan fingerprint density at radius 3 is 2.85 bits per heavy atom. The lowest BCUT2D eigenvalue weighted by Gasteiger charge is -2.21. The molecule has 1 saturated heterocycles. The van der Waals surface area contributed by atoms with Crippen LogP contribution in [-0.4, -0.2) is 43.2 Å². The molecule has 7 heteroatoms. The van der Waals surface area contributed by atoms with Gasteiger partial charge in [-0.15, -0.1) is 0 Å². The minimum Gasteiger partial charge on any atom is -0.448 e. The van der Waals surface area contributed by atoms with Crippen LogP contribution in [0.1, 0.15) is 24.8 Å². The molecule has 1 N–H and O–H groups in total. The molecule has 1 aliphatic heterocycles. The first-order chi connectivity index (χ1) is 12.3. The number of carbonyl (C=O) groups is 1. The summed E-state index contributed by atoms with van der Waals surface area (Å²) in [6, 6.07) is 6.60. The van der Waals surface area contributed by atoms with Gasteiger partial charge >= 0.3 is 6.09 Å². The van der Waals surface area contributed by atoms with Gasteiger partial charge in [0.2, 0.25) is 0 Å². The van der Waals surface area contributed by atoms with Gasteiger partial charge in [-0.2, -0.15) is 0 Å². The summed E-state index contributed by atoms with van der Waals surface area (Å²) < 4.78 is 46.1. The summed E-state index contributed by atoms with van der Waals surface area (Å²) >= 11 is 0. The van der Waals surface area contributed by atoms with Crippen molar-refractivity contribution in [2.24, 2.45) is 0 Å². The zero-order chi connectivity index (χ0) is 18.7. The van der Waals surface area contributed by atoms with Crippen LogP contribution < -0.4 is 5.32 Å². The molecular weight excluding hydrogens is 345 g/mol. The van der Waals surface area contributed by atoms with Gasteiger partial charge in [-0.3, -0.25) is 5.32 Å². The molecular formula is C19H21F3N2O2. The maximum absolute atomic E-state index is 13.6. The average Bonchev–Trinajstić information content (AvgIpc) is 2.96. The second kappa shape index (κ2) is 7.53. The van der Waals surface area contributed by atoms with Crippen molar-refractivity contribution < 1.29 is 22.7 Å². The fraction of sp³-hybridized carbons (Fsp3) is 0.421. The standard InChI is InChI=1S/C19H21F3N2O2/c1-24-8-4-5-15(24)12-26-18(25)23-17-7-3-2-6-16(17)13-9-14(20)11-19(21,22)10-13/h2-3,6-7,9-10,15H,4-5,8,11-12H2,1H3,(H,23,25)/t15-/m0/s1. The van der Waals surface area contributed by atoms with E-state index in [-0.39, 0.29) is 18.2 Å². The molecule has 0 aromatic heterocycles. The van der Waals surface area contributed by atoms with E-state index in [0.29, 0.717) is 11.3 Å². The number of nitrogens with zero attached hydrogens (tertiary/aromatic N) is 1. The molecule has 0 bridgehead atoms.